The summed E-state index contributed by atoms with van der Waals surface area (Å²) < 4.78 is 28.1. The molecule has 96 valence electrons. The molecule has 0 aromatic rings. The molecule has 1 aliphatic carbocycles. The summed E-state index contributed by atoms with van der Waals surface area (Å²) in [5, 5.41) is 13.1. The number of aliphatic hydroxyl groups is 1. The SMILES string of the molecule is OC1(CNCCOCC(F)F)CCCCC1. The average Bonchev–Trinajstić information content (AvgIpc) is 2.24. The van der Waals surface area contributed by atoms with Crippen LogP contribution in [0.15, 0.2) is 0 Å². The second kappa shape index (κ2) is 7.14. The van der Waals surface area contributed by atoms with Crippen molar-refractivity contribution in [2.24, 2.45) is 0 Å². The minimum absolute atomic E-state index is 0.264. The Morgan fingerprint density at radius 2 is 1.94 bits per heavy atom. The van der Waals surface area contributed by atoms with Crippen LogP contribution in [0.1, 0.15) is 32.1 Å². The van der Waals surface area contributed by atoms with Crippen molar-refractivity contribution in [1.29, 1.82) is 0 Å². The van der Waals surface area contributed by atoms with Gasteiger partial charge in [0.1, 0.15) is 6.61 Å². The molecule has 0 spiro atoms. The third kappa shape index (κ3) is 5.72. The van der Waals surface area contributed by atoms with Gasteiger partial charge in [0.15, 0.2) is 0 Å². The van der Waals surface area contributed by atoms with E-state index in [1.807, 2.05) is 0 Å². The van der Waals surface area contributed by atoms with Crippen LogP contribution in [-0.4, -0.2) is 43.4 Å². The Hall–Kier alpha value is -0.260. The molecule has 0 bridgehead atoms. The monoisotopic (exact) mass is 237 g/mol. The molecule has 0 aliphatic heterocycles. The molecule has 1 rings (SSSR count). The Kier molecular flexibility index (Phi) is 6.16. The molecule has 0 amide bonds. The second-order valence-electron chi connectivity index (χ2n) is 4.43. The summed E-state index contributed by atoms with van der Waals surface area (Å²) in [6.45, 7) is 0.798. The maximum Gasteiger partial charge on any atom is 0.261 e. The van der Waals surface area contributed by atoms with E-state index < -0.39 is 18.6 Å². The van der Waals surface area contributed by atoms with Crippen molar-refractivity contribution in [3.63, 3.8) is 0 Å². The molecule has 0 aromatic carbocycles. The topological polar surface area (TPSA) is 41.5 Å². The molecule has 0 heterocycles. The highest BCUT2D eigenvalue weighted by Crippen LogP contribution is 2.27. The fraction of sp³-hybridized carbons (Fsp3) is 1.00. The third-order valence-corrected chi connectivity index (χ3v) is 2.91. The first-order chi connectivity index (χ1) is 7.62. The van der Waals surface area contributed by atoms with Crippen LogP contribution < -0.4 is 5.32 Å². The van der Waals surface area contributed by atoms with E-state index in [0.717, 1.165) is 25.7 Å². The summed E-state index contributed by atoms with van der Waals surface area (Å²) in [6, 6.07) is 0. The van der Waals surface area contributed by atoms with Gasteiger partial charge >= 0.3 is 0 Å². The lowest BCUT2D eigenvalue weighted by molar-refractivity contribution is -0.00196. The zero-order chi connectivity index (χ0) is 11.9. The highest BCUT2D eigenvalue weighted by atomic mass is 19.3. The Bertz CT molecular complexity index is 185. The summed E-state index contributed by atoms with van der Waals surface area (Å²) in [5.41, 5.74) is -0.596. The van der Waals surface area contributed by atoms with Crippen LogP contribution in [-0.2, 0) is 4.74 Å². The summed E-state index contributed by atoms with van der Waals surface area (Å²) in [7, 11) is 0. The molecule has 3 nitrogen and oxygen atoms in total. The molecular weight excluding hydrogens is 216 g/mol. The molecule has 1 saturated carbocycles. The molecule has 0 saturated heterocycles. The summed E-state index contributed by atoms with van der Waals surface area (Å²) >= 11 is 0. The van der Waals surface area contributed by atoms with Crippen molar-refractivity contribution < 1.29 is 18.6 Å². The number of rotatable bonds is 7. The van der Waals surface area contributed by atoms with Crippen molar-refractivity contribution in [2.45, 2.75) is 44.1 Å². The first-order valence-electron chi connectivity index (χ1n) is 5.91. The lowest BCUT2D eigenvalue weighted by Gasteiger charge is -2.32. The number of hydrogen-bond donors (Lipinski definition) is 2. The minimum Gasteiger partial charge on any atom is -0.389 e. The normalized spacial score (nSPS) is 20.2. The van der Waals surface area contributed by atoms with Crippen molar-refractivity contribution in [3.8, 4) is 0 Å². The van der Waals surface area contributed by atoms with E-state index >= 15 is 0 Å². The number of ether oxygens (including phenoxy) is 1. The van der Waals surface area contributed by atoms with Crippen LogP contribution in [0.25, 0.3) is 0 Å². The van der Waals surface area contributed by atoms with Crippen LogP contribution >= 0.6 is 0 Å². The maximum absolute atomic E-state index is 11.7. The predicted octanol–water partition coefficient (Wildman–Crippen LogP) is 1.55. The quantitative estimate of drug-likeness (QED) is 0.660. The van der Waals surface area contributed by atoms with Gasteiger partial charge in [0.25, 0.3) is 6.43 Å². The van der Waals surface area contributed by atoms with Crippen molar-refractivity contribution >= 4 is 0 Å². The molecular formula is C11H21F2NO2. The van der Waals surface area contributed by atoms with Crippen LogP contribution in [0, 0.1) is 0 Å². The zero-order valence-electron chi connectivity index (χ0n) is 9.55. The standard InChI is InChI=1S/C11H21F2NO2/c12-10(13)8-16-7-6-14-9-11(15)4-2-1-3-5-11/h10,14-15H,1-9H2. The van der Waals surface area contributed by atoms with Crippen LogP contribution in [0.3, 0.4) is 0 Å². The summed E-state index contributed by atoms with van der Waals surface area (Å²) in [4.78, 5) is 0. The minimum atomic E-state index is -2.40. The molecule has 1 fully saturated rings. The van der Waals surface area contributed by atoms with E-state index in [9.17, 15) is 13.9 Å². The van der Waals surface area contributed by atoms with E-state index in [4.69, 9.17) is 4.74 Å². The molecule has 16 heavy (non-hydrogen) atoms. The first-order valence-corrected chi connectivity index (χ1v) is 5.91. The van der Waals surface area contributed by atoms with Gasteiger partial charge in [-0.2, -0.15) is 0 Å². The van der Waals surface area contributed by atoms with Gasteiger partial charge in [-0.05, 0) is 12.8 Å². The van der Waals surface area contributed by atoms with Gasteiger partial charge in [-0.3, -0.25) is 0 Å². The smallest absolute Gasteiger partial charge is 0.261 e. The number of nitrogens with one attached hydrogen (secondary N) is 1. The van der Waals surface area contributed by atoms with Gasteiger partial charge < -0.3 is 15.2 Å². The summed E-state index contributed by atoms with van der Waals surface area (Å²) in [6.07, 6.45) is 2.60. The van der Waals surface area contributed by atoms with Gasteiger partial charge in [0.2, 0.25) is 0 Å². The fourth-order valence-electron chi connectivity index (χ4n) is 2.02. The maximum atomic E-state index is 11.7. The Morgan fingerprint density at radius 3 is 2.56 bits per heavy atom. The van der Waals surface area contributed by atoms with Crippen LogP contribution in [0.5, 0.6) is 0 Å². The molecule has 0 unspecified atom stereocenters. The third-order valence-electron chi connectivity index (χ3n) is 2.91. The Morgan fingerprint density at radius 1 is 1.25 bits per heavy atom. The number of halogens is 2. The van der Waals surface area contributed by atoms with Crippen LogP contribution in [0.2, 0.25) is 0 Å². The van der Waals surface area contributed by atoms with E-state index in [-0.39, 0.29) is 6.61 Å². The van der Waals surface area contributed by atoms with Crippen molar-refractivity contribution in [3.05, 3.63) is 0 Å². The van der Waals surface area contributed by atoms with E-state index in [2.05, 4.69) is 5.32 Å². The summed E-state index contributed by atoms with van der Waals surface area (Å²) in [5.74, 6) is 0. The molecule has 0 aromatic heterocycles. The molecule has 2 N–H and O–H groups in total. The van der Waals surface area contributed by atoms with Gasteiger partial charge in [-0.15, -0.1) is 0 Å². The molecule has 0 radical (unpaired) electrons. The van der Waals surface area contributed by atoms with E-state index in [0.29, 0.717) is 13.1 Å². The predicted molar refractivity (Wildman–Crippen MR) is 57.7 cm³/mol. The largest absolute Gasteiger partial charge is 0.389 e. The van der Waals surface area contributed by atoms with Crippen LogP contribution in [0.4, 0.5) is 8.78 Å². The lowest BCUT2D eigenvalue weighted by Crippen LogP contribution is -2.43. The van der Waals surface area contributed by atoms with Crippen molar-refractivity contribution in [2.75, 3.05) is 26.3 Å². The number of alkyl halides is 2. The Labute approximate surface area is 95.2 Å². The Balaban J connectivity index is 1.97. The van der Waals surface area contributed by atoms with Crippen molar-refractivity contribution in [1.82, 2.24) is 5.32 Å². The average molecular weight is 237 g/mol. The van der Waals surface area contributed by atoms with E-state index in [1.54, 1.807) is 0 Å². The highest BCUT2D eigenvalue weighted by Gasteiger charge is 2.28. The number of hydrogen-bond acceptors (Lipinski definition) is 3. The molecule has 5 heteroatoms. The van der Waals surface area contributed by atoms with E-state index in [1.165, 1.54) is 6.42 Å². The van der Waals surface area contributed by atoms with Gasteiger partial charge in [-0.25, -0.2) is 8.78 Å². The molecule has 1 aliphatic rings. The lowest BCUT2D eigenvalue weighted by atomic mass is 9.85. The fourth-order valence-corrected chi connectivity index (χ4v) is 2.02. The van der Waals surface area contributed by atoms with Gasteiger partial charge in [-0.1, -0.05) is 19.3 Å². The second-order valence-corrected chi connectivity index (χ2v) is 4.43. The molecule has 0 atom stereocenters. The van der Waals surface area contributed by atoms with Gasteiger partial charge in [0, 0.05) is 13.1 Å². The highest BCUT2D eigenvalue weighted by molar-refractivity contribution is 4.84. The first kappa shape index (κ1) is 13.8. The zero-order valence-corrected chi connectivity index (χ0v) is 9.55. The van der Waals surface area contributed by atoms with Gasteiger partial charge in [0.05, 0.1) is 12.2 Å².